The number of hydrogen-bond donors (Lipinski definition) is 2. The van der Waals surface area contributed by atoms with Crippen molar-refractivity contribution in [3.8, 4) is 11.5 Å². The molecule has 2 N–H and O–H groups in total. The summed E-state index contributed by atoms with van der Waals surface area (Å²) in [6.07, 6.45) is 13.4. The molecule has 30 heavy (non-hydrogen) atoms. The second kappa shape index (κ2) is 14.5. The van der Waals surface area contributed by atoms with Gasteiger partial charge in [0, 0.05) is 18.1 Å². The predicted molar refractivity (Wildman–Crippen MR) is 124 cm³/mol. The number of oxime groups is 1. The van der Waals surface area contributed by atoms with Crippen molar-refractivity contribution in [2.45, 2.75) is 77.6 Å². The molecular formula is C26H37NO3. The Morgan fingerprint density at radius 1 is 0.833 bits per heavy atom. The summed E-state index contributed by atoms with van der Waals surface area (Å²) in [5.41, 5.74) is 1.97. The van der Waals surface area contributed by atoms with Crippen LogP contribution in [0.2, 0.25) is 0 Å². The highest BCUT2D eigenvalue weighted by atomic mass is 16.5. The summed E-state index contributed by atoms with van der Waals surface area (Å²) < 4.78 is 5.78. The average Bonchev–Trinajstić information content (AvgIpc) is 2.77. The van der Waals surface area contributed by atoms with Crippen LogP contribution in [0.1, 0.15) is 82.3 Å². The van der Waals surface area contributed by atoms with E-state index in [0.717, 1.165) is 12.0 Å². The number of phenolic OH excluding ortho intramolecular Hbond substituents is 1. The highest BCUT2D eigenvalue weighted by Gasteiger charge is 2.12. The van der Waals surface area contributed by atoms with Gasteiger partial charge in [-0.1, -0.05) is 100 Å². The zero-order valence-electron chi connectivity index (χ0n) is 18.4. The molecule has 0 bridgehead atoms. The topological polar surface area (TPSA) is 62.0 Å². The number of aromatic hydroxyl groups is 1. The van der Waals surface area contributed by atoms with Crippen LogP contribution in [-0.2, 0) is 6.42 Å². The van der Waals surface area contributed by atoms with Crippen molar-refractivity contribution in [3.05, 3.63) is 59.7 Å². The molecule has 2 aromatic carbocycles. The van der Waals surface area contributed by atoms with Gasteiger partial charge in [-0.15, -0.1) is 0 Å². The molecule has 4 nitrogen and oxygen atoms in total. The molecule has 2 aromatic rings. The number of phenols is 1. The Kier molecular flexibility index (Phi) is 11.5. The van der Waals surface area contributed by atoms with Gasteiger partial charge in [0.25, 0.3) is 0 Å². The van der Waals surface area contributed by atoms with Crippen molar-refractivity contribution in [1.29, 1.82) is 0 Å². The number of hydrogen-bond acceptors (Lipinski definition) is 4. The summed E-state index contributed by atoms with van der Waals surface area (Å²) in [5, 5.41) is 23.2. The Morgan fingerprint density at radius 3 is 2.07 bits per heavy atom. The number of benzene rings is 2. The molecule has 0 aromatic heterocycles. The first-order valence-electron chi connectivity index (χ1n) is 11.5. The molecule has 0 saturated carbocycles. The maximum atomic E-state index is 10.4. The lowest BCUT2D eigenvalue weighted by molar-refractivity contribution is 0.302. The minimum Gasteiger partial charge on any atom is -0.507 e. The molecule has 0 aliphatic rings. The molecule has 0 amide bonds. The fourth-order valence-corrected chi connectivity index (χ4v) is 3.60. The first-order chi connectivity index (χ1) is 14.7. The zero-order valence-corrected chi connectivity index (χ0v) is 18.4. The maximum Gasteiger partial charge on any atom is 0.128 e. The molecule has 0 unspecified atom stereocenters. The summed E-state index contributed by atoms with van der Waals surface area (Å²) in [6, 6.07) is 14.9. The maximum absolute atomic E-state index is 10.4. The average molecular weight is 412 g/mol. The van der Waals surface area contributed by atoms with E-state index in [-0.39, 0.29) is 5.75 Å². The lowest BCUT2D eigenvalue weighted by Crippen LogP contribution is -2.06. The number of rotatable bonds is 15. The van der Waals surface area contributed by atoms with Gasteiger partial charge in [0.2, 0.25) is 0 Å². The Labute approximate surface area is 181 Å². The summed E-state index contributed by atoms with van der Waals surface area (Å²) in [6.45, 7) is 2.91. The van der Waals surface area contributed by atoms with Crippen LogP contribution in [0, 0.1) is 0 Å². The van der Waals surface area contributed by atoms with Crippen LogP contribution in [0.4, 0.5) is 0 Å². The monoisotopic (exact) mass is 411 g/mol. The Hall–Kier alpha value is -2.49. The lowest BCUT2D eigenvalue weighted by Gasteiger charge is -2.11. The molecule has 2 rings (SSSR count). The van der Waals surface area contributed by atoms with Gasteiger partial charge in [0.05, 0.1) is 12.3 Å². The van der Waals surface area contributed by atoms with Crippen molar-refractivity contribution in [2.75, 3.05) is 6.61 Å². The van der Waals surface area contributed by atoms with Gasteiger partial charge in [0.15, 0.2) is 0 Å². The molecule has 0 fully saturated rings. The highest BCUT2D eigenvalue weighted by molar-refractivity contribution is 6.03. The fraction of sp³-hybridized carbons (Fsp3) is 0.500. The predicted octanol–water partition coefficient (Wildman–Crippen LogP) is 7.11. The standard InChI is InChI=1S/C26H37NO3/c1-2-3-4-5-6-7-8-9-10-14-19-30-23-17-18-24(26(28)21-23)25(27-29)20-22-15-12-11-13-16-22/h11-13,15-18,21,28-29H,2-10,14,19-20H2,1H3/b27-25-. The highest BCUT2D eigenvalue weighted by Crippen LogP contribution is 2.25. The van der Waals surface area contributed by atoms with Crippen molar-refractivity contribution in [2.24, 2.45) is 5.16 Å². The molecule has 0 heterocycles. The van der Waals surface area contributed by atoms with Crippen LogP contribution in [0.25, 0.3) is 0 Å². The third kappa shape index (κ3) is 8.89. The molecule has 4 heteroatoms. The second-order valence-electron chi connectivity index (χ2n) is 7.92. The zero-order chi connectivity index (χ0) is 21.4. The van der Waals surface area contributed by atoms with E-state index in [9.17, 15) is 10.3 Å². The molecule has 0 saturated heterocycles. The largest absolute Gasteiger partial charge is 0.507 e. The van der Waals surface area contributed by atoms with Crippen LogP contribution in [-0.4, -0.2) is 22.6 Å². The van der Waals surface area contributed by atoms with E-state index in [1.807, 2.05) is 36.4 Å². The number of ether oxygens (including phenoxy) is 1. The molecular weight excluding hydrogens is 374 g/mol. The van der Waals surface area contributed by atoms with Gasteiger partial charge < -0.3 is 15.1 Å². The van der Waals surface area contributed by atoms with Gasteiger partial charge in [0.1, 0.15) is 11.5 Å². The molecule has 0 atom stereocenters. The minimum absolute atomic E-state index is 0.0688. The van der Waals surface area contributed by atoms with Crippen LogP contribution in [0.15, 0.2) is 53.7 Å². The van der Waals surface area contributed by atoms with Crippen LogP contribution < -0.4 is 4.74 Å². The van der Waals surface area contributed by atoms with Gasteiger partial charge in [-0.3, -0.25) is 0 Å². The van der Waals surface area contributed by atoms with E-state index in [1.165, 1.54) is 57.8 Å². The van der Waals surface area contributed by atoms with E-state index < -0.39 is 0 Å². The van der Waals surface area contributed by atoms with Crippen LogP contribution >= 0.6 is 0 Å². The normalized spacial score (nSPS) is 11.6. The van der Waals surface area contributed by atoms with Gasteiger partial charge >= 0.3 is 0 Å². The summed E-state index contributed by atoms with van der Waals surface area (Å²) in [7, 11) is 0. The minimum atomic E-state index is 0.0688. The third-order valence-electron chi connectivity index (χ3n) is 5.38. The van der Waals surface area contributed by atoms with Gasteiger partial charge in [-0.05, 0) is 24.1 Å². The summed E-state index contributed by atoms with van der Waals surface area (Å²) in [4.78, 5) is 0. The SMILES string of the molecule is CCCCCCCCCCCCOc1ccc(/C(Cc2ccccc2)=N\O)c(O)c1. The first-order valence-corrected chi connectivity index (χ1v) is 11.5. The Balaban J connectivity index is 1.67. The van der Waals surface area contributed by atoms with Crippen LogP contribution in [0.3, 0.4) is 0 Å². The van der Waals surface area contributed by atoms with Gasteiger partial charge in [-0.25, -0.2) is 0 Å². The molecule has 0 radical (unpaired) electrons. The molecule has 0 aliphatic carbocycles. The summed E-state index contributed by atoms with van der Waals surface area (Å²) in [5.74, 6) is 0.712. The van der Waals surface area contributed by atoms with E-state index in [1.54, 1.807) is 12.1 Å². The van der Waals surface area contributed by atoms with Crippen molar-refractivity contribution >= 4 is 5.71 Å². The number of unbranched alkanes of at least 4 members (excludes halogenated alkanes) is 9. The van der Waals surface area contributed by atoms with Crippen molar-refractivity contribution < 1.29 is 15.1 Å². The summed E-state index contributed by atoms with van der Waals surface area (Å²) >= 11 is 0. The van der Waals surface area contributed by atoms with Crippen LogP contribution in [0.5, 0.6) is 11.5 Å². The Bertz CT molecular complexity index is 743. The van der Waals surface area contributed by atoms with E-state index >= 15 is 0 Å². The fourth-order valence-electron chi connectivity index (χ4n) is 3.60. The Morgan fingerprint density at radius 2 is 1.47 bits per heavy atom. The molecule has 164 valence electrons. The third-order valence-corrected chi connectivity index (χ3v) is 5.38. The van der Waals surface area contributed by atoms with Crippen molar-refractivity contribution in [3.63, 3.8) is 0 Å². The van der Waals surface area contributed by atoms with Gasteiger partial charge in [-0.2, -0.15) is 0 Å². The van der Waals surface area contributed by atoms with E-state index in [0.29, 0.717) is 30.1 Å². The molecule has 0 spiro atoms. The van der Waals surface area contributed by atoms with Crippen molar-refractivity contribution in [1.82, 2.24) is 0 Å². The lowest BCUT2D eigenvalue weighted by atomic mass is 10.0. The quantitative estimate of drug-likeness (QED) is 0.142. The van der Waals surface area contributed by atoms with E-state index in [4.69, 9.17) is 4.74 Å². The second-order valence-corrected chi connectivity index (χ2v) is 7.92. The molecule has 0 aliphatic heterocycles. The van der Waals surface area contributed by atoms with E-state index in [2.05, 4.69) is 12.1 Å². The first kappa shape index (κ1) is 23.8. The smallest absolute Gasteiger partial charge is 0.128 e. The number of nitrogens with zero attached hydrogens (tertiary/aromatic N) is 1.